The third-order valence-electron chi connectivity index (χ3n) is 3.01. The fraction of sp³-hybridized carbons (Fsp3) is 0.417. The Hall–Kier alpha value is -1.72. The molecule has 0 fully saturated rings. The summed E-state index contributed by atoms with van der Waals surface area (Å²) in [5, 5.41) is 0. The molecule has 1 heterocycles. The van der Waals surface area contributed by atoms with Gasteiger partial charge in [0.15, 0.2) is 0 Å². The van der Waals surface area contributed by atoms with Crippen molar-refractivity contribution < 1.29 is 18.0 Å². The van der Waals surface area contributed by atoms with E-state index in [-0.39, 0.29) is 6.54 Å². The third kappa shape index (κ3) is 2.75. The van der Waals surface area contributed by atoms with Crippen molar-refractivity contribution in [2.24, 2.45) is 0 Å². The highest BCUT2D eigenvalue weighted by Gasteiger charge is 2.34. The third-order valence-corrected chi connectivity index (χ3v) is 3.01. The van der Waals surface area contributed by atoms with E-state index in [4.69, 9.17) is 5.73 Å². The van der Waals surface area contributed by atoms with E-state index >= 15 is 0 Å². The van der Waals surface area contributed by atoms with Gasteiger partial charge >= 0.3 is 6.18 Å². The highest BCUT2D eigenvalue weighted by Crippen LogP contribution is 2.27. The molecule has 6 heteroatoms. The van der Waals surface area contributed by atoms with Gasteiger partial charge in [0.25, 0.3) is 0 Å². The summed E-state index contributed by atoms with van der Waals surface area (Å²) >= 11 is 0. The van der Waals surface area contributed by atoms with E-state index < -0.39 is 18.5 Å². The van der Waals surface area contributed by atoms with Crippen LogP contribution in [0.1, 0.15) is 17.5 Å². The van der Waals surface area contributed by atoms with Crippen LogP contribution in [-0.4, -0.2) is 23.5 Å². The SMILES string of the molecule is Nc1cccc2c1CN(C(=O)CC(F)(F)F)CC2. The summed E-state index contributed by atoms with van der Waals surface area (Å²) in [4.78, 5) is 12.7. The Morgan fingerprint density at radius 1 is 1.39 bits per heavy atom. The largest absolute Gasteiger partial charge is 0.398 e. The molecule has 2 rings (SSSR count). The minimum absolute atomic E-state index is 0.164. The zero-order valence-electron chi connectivity index (χ0n) is 9.63. The van der Waals surface area contributed by atoms with Crippen LogP contribution >= 0.6 is 0 Å². The fourth-order valence-electron chi connectivity index (χ4n) is 2.10. The van der Waals surface area contributed by atoms with Crippen molar-refractivity contribution in [1.29, 1.82) is 0 Å². The molecule has 1 aromatic carbocycles. The van der Waals surface area contributed by atoms with E-state index in [2.05, 4.69) is 0 Å². The quantitative estimate of drug-likeness (QED) is 0.784. The lowest BCUT2D eigenvalue weighted by Crippen LogP contribution is -2.38. The normalized spacial score (nSPS) is 15.4. The Morgan fingerprint density at radius 2 is 2.11 bits per heavy atom. The second kappa shape index (κ2) is 4.51. The zero-order valence-corrected chi connectivity index (χ0v) is 9.63. The Kier molecular flexibility index (Phi) is 3.19. The van der Waals surface area contributed by atoms with Gasteiger partial charge in [-0.15, -0.1) is 0 Å². The summed E-state index contributed by atoms with van der Waals surface area (Å²) in [6.07, 6.45) is -5.32. The first kappa shape index (κ1) is 12.7. The lowest BCUT2D eigenvalue weighted by molar-refractivity contribution is -0.162. The molecule has 0 spiro atoms. The molecule has 0 radical (unpaired) electrons. The molecular weight excluding hydrogens is 245 g/mol. The molecule has 98 valence electrons. The molecule has 1 aliphatic heterocycles. The van der Waals surface area contributed by atoms with Gasteiger partial charge in [-0.25, -0.2) is 0 Å². The lowest BCUT2D eigenvalue weighted by atomic mass is 9.98. The summed E-state index contributed by atoms with van der Waals surface area (Å²) < 4.78 is 36.5. The number of benzene rings is 1. The fourth-order valence-corrected chi connectivity index (χ4v) is 2.10. The molecule has 0 saturated heterocycles. The number of rotatable bonds is 1. The number of fused-ring (bicyclic) bond motifs is 1. The van der Waals surface area contributed by atoms with Crippen LogP contribution in [0, 0.1) is 0 Å². The number of hydrogen-bond acceptors (Lipinski definition) is 2. The number of carbonyl (C=O) groups is 1. The van der Waals surface area contributed by atoms with Gasteiger partial charge in [0.05, 0.1) is 0 Å². The lowest BCUT2D eigenvalue weighted by Gasteiger charge is -2.30. The van der Waals surface area contributed by atoms with Gasteiger partial charge in [0.1, 0.15) is 6.42 Å². The second-order valence-corrected chi connectivity index (χ2v) is 4.34. The van der Waals surface area contributed by atoms with Gasteiger partial charge in [-0.2, -0.15) is 13.2 Å². The number of hydrogen-bond donors (Lipinski definition) is 1. The molecule has 0 aliphatic carbocycles. The summed E-state index contributed by atoms with van der Waals surface area (Å²) in [6.45, 7) is 0.474. The number of nitrogen functional groups attached to an aromatic ring is 1. The van der Waals surface area contributed by atoms with E-state index in [1.807, 2.05) is 6.07 Å². The molecular formula is C12H13F3N2O. The van der Waals surface area contributed by atoms with Crippen LogP contribution < -0.4 is 5.73 Å². The molecule has 1 aliphatic rings. The average molecular weight is 258 g/mol. The Bertz CT molecular complexity index is 471. The van der Waals surface area contributed by atoms with Crippen molar-refractivity contribution in [3.8, 4) is 0 Å². The van der Waals surface area contributed by atoms with Gasteiger partial charge in [0, 0.05) is 18.8 Å². The molecule has 1 aromatic rings. The molecule has 18 heavy (non-hydrogen) atoms. The maximum Gasteiger partial charge on any atom is 0.397 e. The number of amides is 1. The van der Waals surface area contributed by atoms with Gasteiger partial charge < -0.3 is 10.6 Å². The molecule has 0 aromatic heterocycles. The molecule has 1 amide bonds. The van der Waals surface area contributed by atoms with E-state index in [9.17, 15) is 18.0 Å². The molecule has 3 nitrogen and oxygen atoms in total. The van der Waals surface area contributed by atoms with Crippen LogP contribution in [0.3, 0.4) is 0 Å². The minimum atomic E-state index is -4.46. The number of anilines is 1. The van der Waals surface area contributed by atoms with Crippen LogP contribution in [0.4, 0.5) is 18.9 Å². The minimum Gasteiger partial charge on any atom is -0.398 e. The van der Waals surface area contributed by atoms with Gasteiger partial charge in [-0.05, 0) is 23.6 Å². The van der Waals surface area contributed by atoms with E-state index in [1.165, 1.54) is 4.90 Å². The predicted molar refractivity (Wildman–Crippen MR) is 60.6 cm³/mol. The maximum absolute atomic E-state index is 12.2. The summed E-state index contributed by atoms with van der Waals surface area (Å²) in [5.74, 6) is -0.892. The van der Waals surface area contributed by atoms with Gasteiger partial charge in [-0.1, -0.05) is 12.1 Å². The van der Waals surface area contributed by atoms with Crippen molar-refractivity contribution in [3.63, 3.8) is 0 Å². The smallest absolute Gasteiger partial charge is 0.397 e. The van der Waals surface area contributed by atoms with Gasteiger partial charge in [-0.3, -0.25) is 4.79 Å². The zero-order chi connectivity index (χ0) is 13.3. The molecule has 0 bridgehead atoms. The Morgan fingerprint density at radius 3 is 2.78 bits per heavy atom. The number of alkyl halides is 3. The number of nitrogens with two attached hydrogens (primary N) is 1. The number of carbonyl (C=O) groups excluding carboxylic acids is 1. The van der Waals surface area contributed by atoms with Crippen LogP contribution in [0.15, 0.2) is 18.2 Å². The molecule has 0 saturated carbocycles. The van der Waals surface area contributed by atoms with E-state index in [0.717, 1.165) is 11.1 Å². The van der Waals surface area contributed by atoms with E-state index in [0.29, 0.717) is 18.7 Å². The first-order chi connectivity index (χ1) is 8.37. The summed E-state index contributed by atoms with van der Waals surface area (Å²) in [7, 11) is 0. The first-order valence-corrected chi connectivity index (χ1v) is 5.57. The van der Waals surface area contributed by atoms with Crippen LogP contribution in [0.25, 0.3) is 0 Å². The van der Waals surface area contributed by atoms with Crippen molar-refractivity contribution in [1.82, 2.24) is 4.90 Å². The Labute approximate surface area is 102 Å². The molecule has 2 N–H and O–H groups in total. The summed E-state index contributed by atoms with van der Waals surface area (Å²) in [5.41, 5.74) is 8.06. The maximum atomic E-state index is 12.2. The monoisotopic (exact) mass is 258 g/mol. The van der Waals surface area contributed by atoms with E-state index in [1.54, 1.807) is 12.1 Å². The molecule has 0 unspecified atom stereocenters. The Balaban J connectivity index is 2.12. The standard InChI is InChI=1S/C12H13F3N2O/c13-12(14,15)6-11(18)17-5-4-8-2-1-3-10(16)9(8)7-17/h1-3H,4-7,16H2. The van der Waals surface area contributed by atoms with Crippen LogP contribution in [0.5, 0.6) is 0 Å². The highest BCUT2D eigenvalue weighted by molar-refractivity contribution is 5.77. The molecule has 0 atom stereocenters. The van der Waals surface area contributed by atoms with Crippen LogP contribution in [0.2, 0.25) is 0 Å². The predicted octanol–water partition coefficient (Wildman–Crippen LogP) is 2.11. The van der Waals surface area contributed by atoms with Crippen molar-refractivity contribution >= 4 is 11.6 Å². The number of halogens is 3. The average Bonchev–Trinajstić information content (AvgIpc) is 2.27. The summed E-state index contributed by atoms with van der Waals surface area (Å²) in [6, 6.07) is 5.38. The van der Waals surface area contributed by atoms with Crippen molar-refractivity contribution in [2.45, 2.75) is 25.6 Å². The van der Waals surface area contributed by atoms with Crippen molar-refractivity contribution in [3.05, 3.63) is 29.3 Å². The highest BCUT2D eigenvalue weighted by atomic mass is 19.4. The topological polar surface area (TPSA) is 46.3 Å². The van der Waals surface area contributed by atoms with Crippen LogP contribution in [-0.2, 0) is 17.8 Å². The van der Waals surface area contributed by atoms with Crippen molar-refractivity contribution in [2.75, 3.05) is 12.3 Å². The first-order valence-electron chi connectivity index (χ1n) is 5.57. The number of nitrogens with zero attached hydrogens (tertiary/aromatic N) is 1. The van der Waals surface area contributed by atoms with Gasteiger partial charge in [0.2, 0.25) is 5.91 Å². The second-order valence-electron chi connectivity index (χ2n) is 4.34.